The normalized spacial score (nSPS) is 21.9. The Morgan fingerprint density at radius 3 is 2.50 bits per heavy atom. The largest absolute Gasteiger partial charge is 0.454 e. The molecular weight excluding hydrogens is 344 g/mol. The number of benzene rings is 2. The highest BCUT2D eigenvalue weighted by Gasteiger charge is 2.41. The molecule has 2 aromatic rings. The fourth-order valence-electron chi connectivity index (χ4n) is 3.83. The number of unbranched alkanes of at least 4 members (excludes halogenated alkanes) is 1. The van der Waals surface area contributed by atoms with E-state index in [-0.39, 0.29) is 11.9 Å². The molecule has 0 bridgehead atoms. The van der Waals surface area contributed by atoms with Crippen LogP contribution in [-0.4, -0.2) is 11.6 Å². The number of ether oxygens (including phenoxy) is 1. The Labute approximate surface area is 168 Å². The Balaban J connectivity index is 1.53. The Morgan fingerprint density at radius 1 is 1.18 bits per heavy atom. The molecular formula is C26H28O2. The maximum absolute atomic E-state index is 12.6. The summed E-state index contributed by atoms with van der Waals surface area (Å²) in [6.45, 7) is 5.81. The molecule has 0 spiro atoms. The van der Waals surface area contributed by atoms with Gasteiger partial charge in [0.05, 0.1) is 5.92 Å². The van der Waals surface area contributed by atoms with Gasteiger partial charge in [-0.15, -0.1) is 5.73 Å². The van der Waals surface area contributed by atoms with Gasteiger partial charge in [-0.1, -0.05) is 79.4 Å². The second-order valence-electron chi connectivity index (χ2n) is 7.55. The minimum Gasteiger partial charge on any atom is -0.454 e. The standard InChI is InChI=1S/C26H28O2/c1-3-24(22-16-10-6-11-17-22)26(2)20-19-23(25(27)28-26)18-12-5-9-15-21-13-7-4-8-14-21/h4,6-11,13-17,23H,1,5,12,18-20H2,2H3/b15-9+/t23-,26+/m1/s1. The van der Waals surface area contributed by atoms with E-state index < -0.39 is 5.60 Å². The van der Waals surface area contributed by atoms with Gasteiger partial charge in [-0.2, -0.15) is 0 Å². The maximum Gasteiger partial charge on any atom is 0.309 e. The summed E-state index contributed by atoms with van der Waals surface area (Å²) in [4.78, 5) is 12.6. The SMILES string of the molecule is C=C=C(c1ccccc1)[C@]1(C)CC[C@@H](CCC/C=C/c2ccccc2)C(=O)O1. The van der Waals surface area contributed by atoms with E-state index in [4.69, 9.17) is 4.74 Å². The van der Waals surface area contributed by atoms with Crippen molar-refractivity contribution in [1.29, 1.82) is 0 Å². The number of cyclic esters (lactones) is 1. The Hall–Kier alpha value is -2.83. The van der Waals surface area contributed by atoms with Crippen LogP contribution in [0.4, 0.5) is 0 Å². The highest BCUT2D eigenvalue weighted by atomic mass is 16.6. The van der Waals surface area contributed by atoms with Crippen LogP contribution in [0, 0.1) is 5.92 Å². The fraction of sp³-hybridized carbons (Fsp3) is 0.308. The number of carbonyl (C=O) groups excluding carboxylic acids is 1. The lowest BCUT2D eigenvalue weighted by Gasteiger charge is -2.38. The molecule has 2 nitrogen and oxygen atoms in total. The zero-order valence-electron chi connectivity index (χ0n) is 16.6. The van der Waals surface area contributed by atoms with Gasteiger partial charge in [0.15, 0.2) is 0 Å². The van der Waals surface area contributed by atoms with Crippen molar-refractivity contribution < 1.29 is 9.53 Å². The molecule has 3 rings (SSSR count). The molecule has 0 amide bonds. The summed E-state index contributed by atoms with van der Waals surface area (Å²) < 4.78 is 5.92. The van der Waals surface area contributed by atoms with Gasteiger partial charge in [0, 0.05) is 5.57 Å². The molecule has 144 valence electrons. The van der Waals surface area contributed by atoms with Crippen LogP contribution >= 0.6 is 0 Å². The predicted molar refractivity (Wildman–Crippen MR) is 116 cm³/mol. The number of carbonyl (C=O) groups is 1. The highest BCUT2D eigenvalue weighted by Crippen LogP contribution is 2.40. The average Bonchev–Trinajstić information content (AvgIpc) is 2.71. The summed E-state index contributed by atoms with van der Waals surface area (Å²) in [6.07, 6.45) is 8.79. The topological polar surface area (TPSA) is 26.3 Å². The first-order valence-corrected chi connectivity index (χ1v) is 10.0. The van der Waals surface area contributed by atoms with E-state index >= 15 is 0 Å². The van der Waals surface area contributed by atoms with Crippen LogP contribution in [-0.2, 0) is 9.53 Å². The first kappa shape index (κ1) is 19.9. The Bertz CT molecular complexity index is 860. The summed E-state index contributed by atoms with van der Waals surface area (Å²) in [5.74, 6) is -0.107. The molecule has 0 radical (unpaired) electrons. The molecule has 0 unspecified atom stereocenters. The van der Waals surface area contributed by atoms with Gasteiger partial charge in [0.2, 0.25) is 0 Å². The van der Waals surface area contributed by atoms with Gasteiger partial charge in [-0.05, 0) is 50.2 Å². The van der Waals surface area contributed by atoms with Crippen molar-refractivity contribution in [3.63, 3.8) is 0 Å². The van der Waals surface area contributed by atoms with Gasteiger partial charge in [-0.25, -0.2) is 0 Å². The minimum absolute atomic E-state index is 0.0139. The lowest BCUT2D eigenvalue weighted by molar-refractivity contribution is -0.165. The number of rotatable bonds is 7. The van der Waals surface area contributed by atoms with Gasteiger partial charge in [0.1, 0.15) is 5.60 Å². The number of hydrogen-bond donors (Lipinski definition) is 0. The Morgan fingerprint density at radius 2 is 1.86 bits per heavy atom. The minimum atomic E-state index is -0.649. The molecule has 1 heterocycles. The molecule has 0 N–H and O–H groups in total. The summed E-state index contributed by atoms with van der Waals surface area (Å²) in [6, 6.07) is 20.2. The third-order valence-electron chi connectivity index (χ3n) is 5.43. The molecule has 1 saturated heterocycles. The van der Waals surface area contributed by atoms with Crippen molar-refractivity contribution in [3.05, 3.63) is 90.2 Å². The monoisotopic (exact) mass is 372 g/mol. The second-order valence-corrected chi connectivity index (χ2v) is 7.55. The quantitative estimate of drug-likeness (QED) is 0.317. The molecule has 0 aromatic heterocycles. The van der Waals surface area contributed by atoms with E-state index in [1.807, 2.05) is 55.5 Å². The summed E-state index contributed by atoms with van der Waals surface area (Å²) in [5, 5.41) is 0. The van der Waals surface area contributed by atoms with Crippen LogP contribution in [0.25, 0.3) is 11.6 Å². The lowest BCUT2D eigenvalue weighted by atomic mass is 9.80. The van der Waals surface area contributed by atoms with Crippen LogP contribution < -0.4 is 0 Å². The molecule has 1 aliphatic rings. The number of allylic oxidation sites excluding steroid dienone is 1. The maximum atomic E-state index is 12.6. The van der Waals surface area contributed by atoms with E-state index in [1.165, 1.54) is 5.56 Å². The van der Waals surface area contributed by atoms with Gasteiger partial charge in [0.25, 0.3) is 0 Å². The van der Waals surface area contributed by atoms with Gasteiger partial charge in [-0.3, -0.25) is 4.79 Å². The summed E-state index contributed by atoms with van der Waals surface area (Å²) in [7, 11) is 0. The zero-order chi connectivity index (χ0) is 19.8. The van der Waals surface area contributed by atoms with Gasteiger partial charge < -0.3 is 4.74 Å². The molecule has 28 heavy (non-hydrogen) atoms. The van der Waals surface area contributed by atoms with E-state index in [1.54, 1.807) is 0 Å². The van der Waals surface area contributed by atoms with Crippen molar-refractivity contribution in [2.75, 3.05) is 0 Å². The fourth-order valence-corrected chi connectivity index (χ4v) is 3.83. The van der Waals surface area contributed by atoms with Crippen molar-refractivity contribution in [1.82, 2.24) is 0 Å². The van der Waals surface area contributed by atoms with Crippen molar-refractivity contribution in [3.8, 4) is 0 Å². The van der Waals surface area contributed by atoms with E-state index in [0.29, 0.717) is 0 Å². The smallest absolute Gasteiger partial charge is 0.309 e. The average molecular weight is 373 g/mol. The van der Waals surface area contributed by atoms with E-state index in [2.05, 4.69) is 36.6 Å². The Kier molecular flexibility index (Phi) is 6.68. The third kappa shape index (κ3) is 4.91. The first-order valence-electron chi connectivity index (χ1n) is 10.0. The van der Waals surface area contributed by atoms with Crippen molar-refractivity contribution in [2.45, 2.75) is 44.6 Å². The van der Waals surface area contributed by atoms with Crippen LogP contribution in [0.2, 0.25) is 0 Å². The molecule has 2 aromatic carbocycles. The lowest BCUT2D eigenvalue weighted by Crippen LogP contribution is -2.41. The highest BCUT2D eigenvalue weighted by molar-refractivity contribution is 5.79. The van der Waals surface area contributed by atoms with Crippen LogP contribution in [0.15, 0.2) is 79.0 Å². The van der Waals surface area contributed by atoms with E-state index in [9.17, 15) is 4.79 Å². The molecule has 1 fully saturated rings. The third-order valence-corrected chi connectivity index (χ3v) is 5.43. The molecule has 2 atom stereocenters. The number of esters is 1. The molecule has 0 saturated carbocycles. The van der Waals surface area contributed by atoms with Gasteiger partial charge >= 0.3 is 5.97 Å². The summed E-state index contributed by atoms with van der Waals surface area (Å²) >= 11 is 0. The molecule has 0 aliphatic carbocycles. The van der Waals surface area contributed by atoms with Crippen LogP contribution in [0.1, 0.15) is 50.2 Å². The first-order chi connectivity index (χ1) is 13.6. The molecule has 2 heteroatoms. The molecule has 1 aliphatic heterocycles. The van der Waals surface area contributed by atoms with Crippen molar-refractivity contribution >= 4 is 17.6 Å². The second kappa shape index (κ2) is 9.39. The van der Waals surface area contributed by atoms with Crippen LogP contribution in [0.5, 0.6) is 0 Å². The van der Waals surface area contributed by atoms with E-state index in [0.717, 1.165) is 43.2 Å². The zero-order valence-corrected chi connectivity index (χ0v) is 16.6. The predicted octanol–water partition coefficient (Wildman–Crippen LogP) is 6.45. The van der Waals surface area contributed by atoms with Crippen LogP contribution in [0.3, 0.4) is 0 Å². The number of hydrogen-bond acceptors (Lipinski definition) is 2. The summed E-state index contributed by atoms with van der Waals surface area (Å²) in [5.41, 5.74) is 5.46. The van der Waals surface area contributed by atoms with Crippen molar-refractivity contribution in [2.24, 2.45) is 5.92 Å².